The highest BCUT2D eigenvalue weighted by Gasteiger charge is 2.26. The van der Waals surface area contributed by atoms with E-state index < -0.39 is 0 Å². The van der Waals surface area contributed by atoms with Crippen molar-refractivity contribution in [2.24, 2.45) is 0 Å². The van der Waals surface area contributed by atoms with E-state index in [2.05, 4.69) is 4.90 Å². The number of nitrogens with zero attached hydrogens (tertiary/aromatic N) is 1. The van der Waals surface area contributed by atoms with Gasteiger partial charge in [-0.3, -0.25) is 0 Å². The third-order valence-corrected chi connectivity index (χ3v) is 3.57. The lowest BCUT2D eigenvalue weighted by atomic mass is 9.91. The maximum Gasteiger partial charge on any atom is 0.144 e. The molecule has 3 N–H and O–H groups in total. The lowest BCUT2D eigenvalue weighted by Crippen LogP contribution is -2.42. The van der Waals surface area contributed by atoms with Gasteiger partial charge in [-0.15, -0.1) is 0 Å². The maximum absolute atomic E-state index is 9.26. The second kappa shape index (κ2) is 6.15. The molecule has 1 aromatic rings. The Labute approximate surface area is 115 Å². The van der Waals surface area contributed by atoms with Gasteiger partial charge in [-0.1, -0.05) is 6.07 Å². The molecule has 1 aliphatic carbocycles. The Morgan fingerprint density at radius 3 is 2.68 bits per heavy atom. The molecule has 1 saturated carbocycles. The fourth-order valence-electron chi connectivity index (χ4n) is 2.45. The molecule has 0 aliphatic heterocycles. The van der Waals surface area contributed by atoms with Crippen LogP contribution in [0.15, 0.2) is 18.2 Å². The number of rotatable bonds is 6. The van der Waals surface area contributed by atoms with Crippen molar-refractivity contribution in [2.45, 2.75) is 45.3 Å². The molecule has 19 heavy (non-hydrogen) atoms. The predicted octanol–water partition coefficient (Wildman–Crippen LogP) is 2.41. The van der Waals surface area contributed by atoms with Crippen molar-refractivity contribution >= 4 is 11.4 Å². The Kier molecular flexibility index (Phi) is 4.53. The van der Waals surface area contributed by atoms with Crippen LogP contribution in [0, 0.1) is 0 Å². The highest BCUT2D eigenvalue weighted by molar-refractivity contribution is 5.74. The van der Waals surface area contributed by atoms with Crippen LogP contribution in [0.2, 0.25) is 0 Å². The Hall–Kier alpha value is -1.42. The molecule has 2 rings (SSSR count). The van der Waals surface area contributed by atoms with Crippen molar-refractivity contribution in [1.82, 2.24) is 0 Å². The van der Waals surface area contributed by atoms with Gasteiger partial charge >= 0.3 is 0 Å². The summed E-state index contributed by atoms with van der Waals surface area (Å²) in [6.45, 7) is 4.75. The summed E-state index contributed by atoms with van der Waals surface area (Å²) in [5.41, 5.74) is 7.89. The fourth-order valence-corrected chi connectivity index (χ4v) is 2.45. The topological polar surface area (TPSA) is 58.7 Å². The Morgan fingerprint density at radius 2 is 2.16 bits per heavy atom. The zero-order valence-electron chi connectivity index (χ0n) is 11.8. The number of aliphatic hydroxyl groups is 1. The summed E-state index contributed by atoms with van der Waals surface area (Å²) in [4.78, 5) is 2.21. The molecule has 1 aliphatic rings. The summed E-state index contributed by atoms with van der Waals surface area (Å²) >= 11 is 0. The average Bonchev–Trinajstić information content (AvgIpc) is 2.28. The molecule has 1 fully saturated rings. The third-order valence-electron chi connectivity index (χ3n) is 3.57. The van der Waals surface area contributed by atoms with E-state index >= 15 is 0 Å². The first-order valence-electron chi connectivity index (χ1n) is 7.06. The monoisotopic (exact) mass is 264 g/mol. The standard InChI is InChI=1S/C15H24N2O2/c1-11(2)19-14-8-4-7-13(15(14)16)17(9-10-18)12-5-3-6-12/h4,7-8,11-12,18H,3,5-6,9-10,16H2,1-2H3. The van der Waals surface area contributed by atoms with Crippen LogP contribution in [0.3, 0.4) is 0 Å². The van der Waals surface area contributed by atoms with Gasteiger partial charge in [0, 0.05) is 12.6 Å². The Bertz CT molecular complexity index is 417. The van der Waals surface area contributed by atoms with Gasteiger partial charge in [-0.05, 0) is 45.2 Å². The number of aliphatic hydroxyl groups excluding tert-OH is 1. The van der Waals surface area contributed by atoms with Crippen molar-refractivity contribution in [1.29, 1.82) is 0 Å². The van der Waals surface area contributed by atoms with Crippen LogP contribution in [-0.4, -0.2) is 30.4 Å². The fraction of sp³-hybridized carbons (Fsp3) is 0.600. The molecule has 0 heterocycles. The van der Waals surface area contributed by atoms with Gasteiger partial charge in [0.25, 0.3) is 0 Å². The second-order valence-electron chi connectivity index (χ2n) is 5.36. The van der Waals surface area contributed by atoms with E-state index in [-0.39, 0.29) is 12.7 Å². The van der Waals surface area contributed by atoms with Gasteiger partial charge in [-0.25, -0.2) is 0 Å². The zero-order valence-corrected chi connectivity index (χ0v) is 11.8. The predicted molar refractivity (Wildman–Crippen MR) is 78.7 cm³/mol. The summed E-state index contributed by atoms with van der Waals surface area (Å²) in [7, 11) is 0. The van der Waals surface area contributed by atoms with E-state index in [0.717, 1.165) is 11.4 Å². The first-order chi connectivity index (χ1) is 9.13. The number of anilines is 2. The molecule has 4 heteroatoms. The summed E-state index contributed by atoms with van der Waals surface area (Å²) < 4.78 is 5.73. The van der Waals surface area contributed by atoms with Crippen LogP contribution in [0.25, 0.3) is 0 Å². The SMILES string of the molecule is CC(C)Oc1cccc(N(CCO)C2CCC2)c1N. The molecule has 0 atom stereocenters. The zero-order chi connectivity index (χ0) is 13.8. The third kappa shape index (κ3) is 3.13. The number of nitrogens with two attached hydrogens (primary N) is 1. The van der Waals surface area contributed by atoms with Crippen LogP contribution in [0.5, 0.6) is 5.75 Å². The largest absolute Gasteiger partial charge is 0.489 e. The van der Waals surface area contributed by atoms with Crippen LogP contribution in [0.1, 0.15) is 33.1 Å². The van der Waals surface area contributed by atoms with Crippen molar-refractivity contribution in [3.8, 4) is 5.75 Å². The summed E-state index contributed by atoms with van der Waals surface area (Å²) in [5, 5.41) is 9.26. The molecule has 0 unspecified atom stereocenters. The minimum atomic E-state index is 0.104. The van der Waals surface area contributed by atoms with Gasteiger partial charge in [0.1, 0.15) is 5.75 Å². The van der Waals surface area contributed by atoms with Crippen molar-refractivity contribution in [3.63, 3.8) is 0 Å². The van der Waals surface area contributed by atoms with Crippen molar-refractivity contribution < 1.29 is 9.84 Å². The van der Waals surface area contributed by atoms with Crippen LogP contribution in [-0.2, 0) is 0 Å². The molecule has 0 spiro atoms. The summed E-state index contributed by atoms with van der Waals surface area (Å²) in [6.07, 6.45) is 3.71. The Balaban J connectivity index is 2.25. The number of benzene rings is 1. The molecule has 0 bridgehead atoms. The highest BCUT2D eigenvalue weighted by atomic mass is 16.5. The number of para-hydroxylation sites is 1. The van der Waals surface area contributed by atoms with E-state index in [1.807, 2.05) is 32.0 Å². The smallest absolute Gasteiger partial charge is 0.144 e. The minimum absolute atomic E-state index is 0.104. The van der Waals surface area contributed by atoms with Gasteiger partial charge < -0.3 is 20.5 Å². The second-order valence-corrected chi connectivity index (χ2v) is 5.36. The molecular formula is C15H24N2O2. The number of nitrogen functional groups attached to an aromatic ring is 1. The molecule has 4 nitrogen and oxygen atoms in total. The van der Waals surface area contributed by atoms with E-state index in [0.29, 0.717) is 18.3 Å². The van der Waals surface area contributed by atoms with Crippen LogP contribution in [0.4, 0.5) is 11.4 Å². The Morgan fingerprint density at radius 1 is 1.42 bits per heavy atom. The van der Waals surface area contributed by atoms with Gasteiger partial charge in [0.2, 0.25) is 0 Å². The van der Waals surface area contributed by atoms with E-state index in [4.69, 9.17) is 10.5 Å². The first-order valence-corrected chi connectivity index (χ1v) is 7.06. The quantitative estimate of drug-likeness (QED) is 0.775. The molecule has 0 saturated heterocycles. The molecular weight excluding hydrogens is 240 g/mol. The van der Waals surface area contributed by atoms with Gasteiger partial charge in [0.05, 0.1) is 24.1 Å². The van der Waals surface area contributed by atoms with E-state index in [1.165, 1.54) is 19.3 Å². The number of hydrogen-bond donors (Lipinski definition) is 2. The highest BCUT2D eigenvalue weighted by Crippen LogP contribution is 2.37. The molecule has 1 aromatic carbocycles. The lowest BCUT2D eigenvalue weighted by molar-refractivity contribution is 0.243. The minimum Gasteiger partial charge on any atom is -0.489 e. The van der Waals surface area contributed by atoms with Crippen molar-refractivity contribution in [2.75, 3.05) is 23.8 Å². The molecule has 0 amide bonds. The van der Waals surface area contributed by atoms with E-state index in [9.17, 15) is 5.11 Å². The van der Waals surface area contributed by atoms with E-state index in [1.54, 1.807) is 0 Å². The van der Waals surface area contributed by atoms with Crippen LogP contribution < -0.4 is 15.4 Å². The lowest BCUT2D eigenvalue weighted by Gasteiger charge is -2.39. The molecule has 0 radical (unpaired) electrons. The average molecular weight is 264 g/mol. The number of ether oxygens (including phenoxy) is 1. The van der Waals surface area contributed by atoms with Gasteiger partial charge in [0.15, 0.2) is 0 Å². The summed E-state index contributed by atoms with van der Waals surface area (Å²) in [6, 6.07) is 6.38. The molecule has 0 aromatic heterocycles. The number of hydrogen-bond acceptors (Lipinski definition) is 4. The summed E-state index contributed by atoms with van der Waals surface area (Å²) in [5.74, 6) is 0.731. The normalized spacial score (nSPS) is 15.4. The van der Waals surface area contributed by atoms with Gasteiger partial charge in [-0.2, -0.15) is 0 Å². The van der Waals surface area contributed by atoms with Crippen molar-refractivity contribution in [3.05, 3.63) is 18.2 Å². The first kappa shape index (κ1) is 14.0. The molecule has 106 valence electrons. The maximum atomic E-state index is 9.26. The van der Waals surface area contributed by atoms with Crippen LogP contribution >= 0.6 is 0 Å².